The first kappa shape index (κ1) is 12.8. The molecule has 88 valence electrons. The normalized spacial score (nSPS) is 9.88. The van der Waals surface area contributed by atoms with E-state index in [4.69, 9.17) is 16.3 Å². The fourth-order valence-corrected chi connectivity index (χ4v) is 1.36. The summed E-state index contributed by atoms with van der Waals surface area (Å²) < 4.78 is 5.43. The molecule has 0 saturated heterocycles. The molecule has 0 spiro atoms. The van der Waals surface area contributed by atoms with Gasteiger partial charge in [-0.15, -0.1) is 0 Å². The Morgan fingerprint density at radius 2 is 2.31 bits per heavy atom. The molecule has 0 saturated carbocycles. The van der Waals surface area contributed by atoms with Crippen LogP contribution in [-0.2, 0) is 4.79 Å². The summed E-state index contributed by atoms with van der Waals surface area (Å²) in [7, 11) is 1.65. The van der Waals surface area contributed by atoms with Gasteiger partial charge in [-0.3, -0.25) is 10.2 Å². The molecule has 5 heteroatoms. The van der Waals surface area contributed by atoms with Gasteiger partial charge in [0.05, 0.1) is 6.61 Å². The van der Waals surface area contributed by atoms with Gasteiger partial charge in [0.1, 0.15) is 5.75 Å². The van der Waals surface area contributed by atoms with Crippen LogP contribution >= 0.6 is 11.6 Å². The Balaban J connectivity index is 2.18. The fourth-order valence-electron chi connectivity index (χ4n) is 1.18. The van der Waals surface area contributed by atoms with Gasteiger partial charge in [0.25, 0.3) is 0 Å². The highest BCUT2D eigenvalue weighted by molar-refractivity contribution is 6.30. The summed E-state index contributed by atoms with van der Waals surface area (Å²) in [5.74, 6) is 0.679. The Hall–Kier alpha value is -1.26. The number of hydrazine groups is 1. The molecule has 0 fully saturated rings. The number of hydrogen-bond donors (Lipinski definition) is 2. The van der Waals surface area contributed by atoms with Gasteiger partial charge in [0, 0.05) is 18.5 Å². The SMILES string of the molecule is CNNC(=O)CCCOc1cccc(Cl)c1. The summed E-state index contributed by atoms with van der Waals surface area (Å²) in [6.07, 6.45) is 1.10. The van der Waals surface area contributed by atoms with Crippen molar-refractivity contribution in [1.82, 2.24) is 10.9 Å². The molecular formula is C11H15ClN2O2. The third-order valence-electron chi connectivity index (χ3n) is 1.88. The van der Waals surface area contributed by atoms with E-state index in [1.165, 1.54) is 0 Å². The zero-order valence-corrected chi connectivity index (χ0v) is 9.88. The topological polar surface area (TPSA) is 50.4 Å². The second-order valence-corrected chi connectivity index (χ2v) is 3.64. The van der Waals surface area contributed by atoms with Crippen LogP contribution < -0.4 is 15.6 Å². The van der Waals surface area contributed by atoms with Gasteiger partial charge >= 0.3 is 0 Å². The monoisotopic (exact) mass is 242 g/mol. The van der Waals surface area contributed by atoms with Crippen molar-refractivity contribution in [2.24, 2.45) is 0 Å². The van der Waals surface area contributed by atoms with Crippen LogP contribution in [0.15, 0.2) is 24.3 Å². The zero-order valence-electron chi connectivity index (χ0n) is 9.13. The molecule has 0 bridgehead atoms. The van der Waals surface area contributed by atoms with E-state index < -0.39 is 0 Å². The highest BCUT2D eigenvalue weighted by Crippen LogP contribution is 2.17. The minimum absolute atomic E-state index is 0.0443. The minimum Gasteiger partial charge on any atom is -0.494 e. The molecule has 1 amide bonds. The second-order valence-electron chi connectivity index (χ2n) is 3.21. The maximum atomic E-state index is 11.1. The highest BCUT2D eigenvalue weighted by Gasteiger charge is 1.99. The van der Waals surface area contributed by atoms with Crippen LogP contribution in [0.1, 0.15) is 12.8 Å². The van der Waals surface area contributed by atoms with Gasteiger partial charge in [0.2, 0.25) is 5.91 Å². The molecule has 0 atom stereocenters. The van der Waals surface area contributed by atoms with Gasteiger partial charge < -0.3 is 4.74 Å². The molecule has 1 aromatic carbocycles. The van der Waals surface area contributed by atoms with Gasteiger partial charge in [-0.05, 0) is 24.6 Å². The van der Waals surface area contributed by atoms with Gasteiger partial charge in [0.15, 0.2) is 0 Å². The van der Waals surface area contributed by atoms with Crippen LogP contribution in [0.5, 0.6) is 5.75 Å². The molecule has 1 aromatic rings. The first-order chi connectivity index (χ1) is 7.72. The van der Waals surface area contributed by atoms with E-state index in [1.54, 1.807) is 19.2 Å². The molecular weight excluding hydrogens is 228 g/mol. The lowest BCUT2D eigenvalue weighted by Gasteiger charge is -2.06. The Morgan fingerprint density at radius 1 is 1.50 bits per heavy atom. The third-order valence-corrected chi connectivity index (χ3v) is 2.11. The maximum absolute atomic E-state index is 11.1. The predicted molar refractivity (Wildman–Crippen MR) is 63.4 cm³/mol. The van der Waals surface area contributed by atoms with Crippen molar-refractivity contribution in [3.63, 3.8) is 0 Å². The molecule has 0 radical (unpaired) electrons. The van der Waals surface area contributed by atoms with Gasteiger partial charge in [-0.25, -0.2) is 5.43 Å². The third kappa shape index (κ3) is 5.00. The minimum atomic E-state index is -0.0443. The first-order valence-corrected chi connectivity index (χ1v) is 5.44. The average Bonchev–Trinajstić information content (AvgIpc) is 2.25. The first-order valence-electron chi connectivity index (χ1n) is 5.06. The maximum Gasteiger partial charge on any atom is 0.234 e. The van der Waals surface area contributed by atoms with E-state index in [0.29, 0.717) is 24.5 Å². The van der Waals surface area contributed by atoms with Gasteiger partial charge in [-0.1, -0.05) is 17.7 Å². The lowest BCUT2D eigenvalue weighted by atomic mass is 10.3. The van der Waals surface area contributed by atoms with Crippen molar-refractivity contribution >= 4 is 17.5 Å². The molecule has 4 nitrogen and oxygen atoms in total. The quantitative estimate of drug-likeness (QED) is 0.590. The number of amides is 1. The van der Waals surface area contributed by atoms with Gasteiger partial charge in [-0.2, -0.15) is 0 Å². The molecule has 0 unspecified atom stereocenters. The van der Waals surface area contributed by atoms with E-state index in [0.717, 1.165) is 5.75 Å². The molecule has 1 rings (SSSR count). The van der Waals surface area contributed by atoms with E-state index in [2.05, 4.69) is 10.9 Å². The van der Waals surface area contributed by atoms with Crippen molar-refractivity contribution in [2.45, 2.75) is 12.8 Å². The molecule has 0 aromatic heterocycles. The fraction of sp³-hybridized carbons (Fsp3) is 0.364. The van der Waals surface area contributed by atoms with Crippen molar-refractivity contribution < 1.29 is 9.53 Å². The van der Waals surface area contributed by atoms with Crippen LogP contribution in [0.2, 0.25) is 5.02 Å². The average molecular weight is 243 g/mol. The lowest BCUT2D eigenvalue weighted by Crippen LogP contribution is -2.34. The number of nitrogens with one attached hydrogen (secondary N) is 2. The second kappa shape index (κ2) is 7.09. The number of halogens is 1. The van der Waals surface area contributed by atoms with Crippen molar-refractivity contribution in [2.75, 3.05) is 13.7 Å². The molecule has 0 aliphatic rings. The number of rotatable bonds is 6. The van der Waals surface area contributed by atoms with E-state index in [1.807, 2.05) is 12.1 Å². The number of hydrogen-bond acceptors (Lipinski definition) is 3. The number of benzene rings is 1. The molecule has 0 aliphatic heterocycles. The van der Waals surface area contributed by atoms with Crippen LogP contribution in [0.3, 0.4) is 0 Å². The summed E-state index contributed by atoms with van der Waals surface area (Å²) in [6, 6.07) is 7.19. The van der Waals surface area contributed by atoms with Crippen molar-refractivity contribution in [1.29, 1.82) is 0 Å². The molecule has 16 heavy (non-hydrogen) atoms. The standard InChI is InChI=1S/C11H15ClN2O2/c1-13-14-11(15)6-3-7-16-10-5-2-4-9(12)8-10/h2,4-5,8,13H,3,6-7H2,1H3,(H,14,15). The number of ether oxygens (including phenoxy) is 1. The summed E-state index contributed by atoms with van der Waals surface area (Å²) >= 11 is 5.80. The molecule has 2 N–H and O–H groups in total. The summed E-state index contributed by atoms with van der Waals surface area (Å²) in [4.78, 5) is 11.1. The Kier molecular flexibility index (Phi) is 5.67. The van der Waals surface area contributed by atoms with Crippen LogP contribution in [0, 0.1) is 0 Å². The predicted octanol–water partition coefficient (Wildman–Crippen LogP) is 1.75. The van der Waals surface area contributed by atoms with Crippen molar-refractivity contribution in [3.8, 4) is 5.75 Å². The highest BCUT2D eigenvalue weighted by atomic mass is 35.5. The van der Waals surface area contributed by atoms with Crippen molar-refractivity contribution in [3.05, 3.63) is 29.3 Å². The molecule has 0 aliphatic carbocycles. The number of carbonyl (C=O) groups is 1. The summed E-state index contributed by atoms with van der Waals surface area (Å²) in [5, 5.41) is 0.644. The Labute approximate surface area is 99.9 Å². The lowest BCUT2D eigenvalue weighted by molar-refractivity contribution is -0.122. The van der Waals surface area contributed by atoms with E-state index >= 15 is 0 Å². The van der Waals surface area contributed by atoms with Crippen LogP contribution in [-0.4, -0.2) is 19.6 Å². The smallest absolute Gasteiger partial charge is 0.234 e. The Morgan fingerprint density at radius 3 is 3.00 bits per heavy atom. The van der Waals surface area contributed by atoms with Crippen LogP contribution in [0.25, 0.3) is 0 Å². The largest absolute Gasteiger partial charge is 0.494 e. The Bertz CT molecular complexity index is 345. The summed E-state index contributed by atoms with van der Waals surface area (Å²) in [6.45, 7) is 0.497. The summed E-state index contributed by atoms with van der Waals surface area (Å²) in [5.41, 5.74) is 5.06. The van der Waals surface area contributed by atoms with E-state index in [-0.39, 0.29) is 5.91 Å². The molecule has 0 heterocycles. The number of carbonyl (C=O) groups excluding carboxylic acids is 1. The van der Waals surface area contributed by atoms with Crippen LogP contribution in [0.4, 0.5) is 0 Å². The zero-order chi connectivity index (χ0) is 11.8. The van der Waals surface area contributed by atoms with E-state index in [9.17, 15) is 4.79 Å².